The van der Waals surface area contributed by atoms with Crippen molar-refractivity contribution < 1.29 is 34.2 Å². The number of imidazole rings is 1. The molecule has 11 N–H and O–H groups in total. The molecule has 0 aliphatic heterocycles. The highest BCUT2D eigenvalue weighted by Gasteiger charge is 2.30. The lowest BCUT2D eigenvalue weighted by atomic mass is 10.0. The van der Waals surface area contributed by atoms with Crippen LogP contribution in [0.2, 0.25) is 0 Å². The van der Waals surface area contributed by atoms with Crippen LogP contribution in [0.25, 0.3) is 10.9 Å². The van der Waals surface area contributed by atoms with Gasteiger partial charge in [0, 0.05) is 41.8 Å². The number of hydrogen-bond acceptors (Lipinski definition) is 8. The van der Waals surface area contributed by atoms with E-state index in [1.54, 1.807) is 6.20 Å². The number of carbonyl (C=O) groups excluding carboxylic acids is 4. The van der Waals surface area contributed by atoms with Gasteiger partial charge in [-0.15, -0.1) is 0 Å². The first-order valence-electron chi connectivity index (χ1n) is 12.4. The molecule has 3 rings (SSSR count). The van der Waals surface area contributed by atoms with Gasteiger partial charge in [-0.25, -0.2) is 9.78 Å². The van der Waals surface area contributed by atoms with Crippen LogP contribution in [0.4, 0.5) is 0 Å². The molecule has 4 amide bonds. The van der Waals surface area contributed by atoms with Crippen LogP contribution < -0.4 is 27.4 Å². The van der Waals surface area contributed by atoms with Crippen molar-refractivity contribution in [2.24, 2.45) is 11.5 Å². The molecule has 0 aliphatic rings. The Balaban J connectivity index is 1.68. The number of aromatic amines is 2. The largest absolute Gasteiger partial charge is 0.480 e. The SMILES string of the molecule is NC(=O)CCC(NC(=O)C(CO)NC(=O)C(Cc1cnc[nH]1)NC(=O)C(N)Cc1c[nH]c2ccccc12)C(=O)O. The predicted octanol–water partition coefficient (Wildman–Crippen LogP) is -2.20. The number of amides is 4. The maximum Gasteiger partial charge on any atom is 0.326 e. The zero-order valence-corrected chi connectivity index (χ0v) is 21.4. The number of carboxylic acids is 1. The van der Waals surface area contributed by atoms with Crippen molar-refractivity contribution in [2.75, 3.05) is 6.61 Å². The number of aliphatic carboxylic acids is 1. The Morgan fingerprint density at radius 3 is 2.25 bits per heavy atom. The first-order chi connectivity index (χ1) is 19.1. The number of carboxylic acid groups (broad SMARTS) is 1. The number of fused-ring (bicyclic) bond motifs is 1. The van der Waals surface area contributed by atoms with E-state index >= 15 is 0 Å². The number of H-pyrrole nitrogens is 2. The van der Waals surface area contributed by atoms with Gasteiger partial charge in [0.2, 0.25) is 23.6 Å². The highest BCUT2D eigenvalue weighted by atomic mass is 16.4. The molecule has 0 fully saturated rings. The van der Waals surface area contributed by atoms with Crippen LogP contribution >= 0.6 is 0 Å². The minimum atomic E-state index is -1.55. The standard InChI is InChI=1S/C25H32N8O7/c26-16(7-13-9-29-17-4-2-1-3-15(13)17)22(36)32-19(8-14-10-28-12-30-14)23(37)33-20(11-34)24(38)31-18(25(39)40)5-6-21(27)35/h1-4,9-10,12,16,18-20,29,34H,5-8,11,26H2,(H2,27,35)(H,28,30)(H,31,38)(H,32,36)(H,33,37)(H,39,40). The molecule has 0 bridgehead atoms. The Hall–Kier alpha value is -4.76. The van der Waals surface area contributed by atoms with E-state index in [-0.39, 0.29) is 25.7 Å². The summed E-state index contributed by atoms with van der Waals surface area (Å²) in [6.07, 6.45) is 4.14. The Kier molecular flexibility index (Phi) is 10.3. The maximum atomic E-state index is 13.2. The Morgan fingerprint density at radius 2 is 1.60 bits per heavy atom. The molecule has 4 unspecified atom stereocenters. The fourth-order valence-electron chi connectivity index (χ4n) is 4.02. The van der Waals surface area contributed by atoms with Crippen molar-refractivity contribution in [2.45, 2.75) is 49.9 Å². The number of para-hydroxylation sites is 1. The molecule has 0 spiro atoms. The average Bonchev–Trinajstić information content (AvgIpc) is 3.58. The number of hydrogen-bond donors (Lipinski definition) is 9. The summed E-state index contributed by atoms with van der Waals surface area (Å²) in [5.41, 5.74) is 13.4. The Morgan fingerprint density at radius 1 is 0.925 bits per heavy atom. The monoisotopic (exact) mass is 556 g/mol. The summed E-state index contributed by atoms with van der Waals surface area (Å²) in [6.45, 7) is -0.871. The summed E-state index contributed by atoms with van der Waals surface area (Å²) in [6, 6.07) is 2.24. The second kappa shape index (κ2) is 13.9. The van der Waals surface area contributed by atoms with Gasteiger partial charge >= 0.3 is 5.97 Å². The molecule has 0 saturated carbocycles. The second-order valence-electron chi connectivity index (χ2n) is 9.16. The summed E-state index contributed by atoms with van der Waals surface area (Å²) in [7, 11) is 0. The van der Waals surface area contributed by atoms with Gasteiger partial charge in [0.05, 0.1) is 19.0 Å². The summed E-state index contributed by atoms with van der Waals surface area (Å²) in [5, 5.41) is 27.0. The topological polar surface area (TPSA) is 258 Å². The van der Waals surface area contributed by atoms with Gasteiger partial charge in [0.15, 0.2) is 0 Å². The summed E-state index contributed by atoms with van der Waals surface area (Å²) < 4.78 is 0. The van der Waals surface area contributed by atoms with Gasteiger partial charge in [0.25, 0.3) is 0 Å². The number of aromatic nitrogens is 3. The van der Waals surface area contributed by atoms with Gasteiger partial charge in [-0.05, 0) is 24.5 Å². The van der Waals surface area contributed by atoms with Crippen LogP contribution in [-0.2, 0) is 36.8 Å². The molecular weight excluding hydrogens is 524 g/mol. The molecule has 40 heavy (non-hydrogen) atoms. The minimum Gasteiger partial charge on any atom is -0.480 e. The third-order valence-corrected chi connectivity index (χ3v) is 6.17. The van der Waals surface area contributed by atoms with Crippen LogP contribution in [-0.4, -0.2) is 85.5 Å². The van der Waals surface area contributed by atoms with E-state index in [1.165, 1.54) is 12.5 Å². The average molecular weight is 557 g/mol. The van der Waals surface area contributed by atoms with Crippen LogP contribution in [0.3, 0.4) is 0 Å². The number of primary amides is 1. The lowest BCUT2D eigenvalue weighted by Gasteiger charge is -2.24. The molecule has 1 aromatic carbocycles. The number of benzene rings is 1. The molecule has 0 aliphatic carbocycles. The molecular formula is C25H32N8O7. The molecule has 15 heteroatoms. The molecule has 3 aromatic rings. The van der Waals surface area contributed by atoms with Gasteiger partial charge in [0.1, 0.15) is 18.1 Å². The first kappa shape index (κ1) is 29.8. The zero-order chi connectivity index (χ0) is 29.2. The number of aliphatic hydroxyl groups is 1. The summed E-state index contributed by atoms with van der Waals surface area (Å²) in [4.78, 5) is 71.1. The van der Waals surface area contributed by atoms with E-state index in [0.29, 0.717) is 5.69 Å². The third kappa shape index (κ3) is 8.12. The Bertz CT molecular complexity index is 1340. The molecule has 4 atom stereocenters. The quantitative estimate of drug-likeness (QED) is 0.0982. The van der Waals surface area contributed by atoms with Crippen molar-refractivity contribution in [1.29, 1.82) is 0 Å². The summed E-state index contributed by atoms with van der Waals surface area (Å²) in [5.74, 6) is -4.65. The Labute approximate surface area is 228 Å². The van der Waals surface area contributed by atoms with Gasteiger partial charge < -0.3 is 47.6 Å². The highest BCUT2D eigenvalue weighted by molar-refractivity contribution is 5.94. The van der Waals surface area contributed by atoms with Gasteiger partial charge in [-0.2, -0.15) is 0 Å². The van der Waals surface area contributed by atoms with Crippen LogP contribution in [0.1, 0.15) is 24.1 Å². The molecule has 2 heterocycles. The lowest BCUT2D eigenvalue weighted by molar-refractivity contribution is -0.143. The predicted molar refractivity (Wildman–Crippen MR) is 141 cm³/mol. The van der Waals surface area contributed by atoms with Crippen molar-refractivity contribution in [3.05, 3.63) is 54.2 Å². The van der Waals surface area contributed by atoms with E-state index in [9.17, 15) is 34.2 Å². The lowest BCUT2D eigenvalue weighted by Crippen LogP contribution is -2.58. The summed E-state index contributed by atoms with van der Waals surface area (Å²) >= 11 is 0. The fourth-order valence-corrected chi connectivity index (χ4v) is 4.02. The molecule has 2 aromatic heterocycles. The van der Waals surface area contributed by atoms with E-state index in [4.69, 9.17) is 11.5 Å². The smallest absolute Gasteiger partial charge is 0.326 e. The van der Waals surface area contributed by atoms with Crippen LogP contribution in [0.5, 0.6) is 0 Å². The second-order valence-corrected chi connectivity index (χ2v) is 9.16. The third-order valence-electron chi connectivity index (χ3n) is 6.17. The van der Waals surface area contributed by atoms with Crippen molar-refractivity contribution in [1.82, 2.24) is 30.9 Å². The normalized spacial score (nSPS) is 14.1. The molecule has 0 radical (unpaired) electrons. The maximum absolute atomic E-state index is 13.2. The number of rotatable bonds is 15. The van der Waals surface area contributed by atoms with E-state index < -0.39 is 60.4 Å². The van der Waals surface area contributed by atoms with Gasteiger partial charge in [-0.1, -0.05) is 18.2 Å². The van der Waals surface area contributed by atoms with Crippen molar-refractivity contribution >= 4 is 40.5 Å². The van der Waals surface area contributed by atoms with Crippen molar-refractivity contribution in [3.63, 3.8) is 0 Å². The fraction of sp³-hybridized carbons (Fsp3) is 0.360. The van der Waals surface area contributed by atoms with E-state index in [2.05, 4.69) is 30.9 Å². The molecule has 0 saturated heterocycles. The number of carbonyl (C=O) groups is 5. The zero-order valence-electron chi connectivity index (χ0n) is 21.4. The van der Waals surface area contributed by atoms with E-state index in [1.807, 2.05) is 24.3 Å². The van der Waals surface area contributed by atoms with E-state index in [0.717, 1.165) is 16.5 Å². The number of nitrogens with two attached hydrogens (primary N) is 2. The van der Waals surface area contributed by atoms with Crippen LogP contribution in [0.15, 0.2) is 43.0 Å². The van der Waals surface area contributed by atoms with Gasteiger partial charge in [-0.3, -0.25) is 19.2 Å². The number of aliphatic hydroxyl groups excluding tert-OH is 1. The first-order valence-corrected chi connectivity index (χ1v) is 12.4. The number of nitrogens with zero attached hydrogens (tertiary/aromatic N) is 1. The number of nitrogens with one attached hydrogen (secondary N) is 5. The highest BCUT2D eigenvalue weighted by Crippen LogP contribution is 2.18. The van der Waals surface area contributed by atoms with Crippen molar-refractivity contribution in [3.8, 4) is 0 Å². The van der Waals surface area contributed by atoms with Crippen LogP contribution in [0, 0.1) is 0 Å². The molecule has 15 nitrogen and oxygen atoms in total. The minimum absolute atomic E-state index is 0.0481. The molecule has 214 valence electrons.